The van der Waals surface area contributed by atoms with Crippen molar-refractivity contribution >= 4 is 39.2 Å². The average Bonchev–Trinajstić information content (AvgIpc) is 2.50. The minimum atomic E-state index is -8.60. The summed E-state index contributed by atoms with van der Waals surface area (Å²) in [7, 11) is 0. The summed E-state index contributed by atoms with van der Waals surface area (Å²) >= 11 is 14.8. The molecule has 0 bridgehead atoms. The standard InChI is InChI=1S/C10H4Cl3F17Si/c11-31(12,13)1-2(14)3(15)4(16,17)5(18,19)6(20,21)7(22,23)8(24,25)9(26,27)10(28,29)30/h2-3H,1H2. The molecule has 0 aromatic carbocycles. The van der Waals surface area contributed by atoms with Gasteiger partial charge in [-0.15, -0.1) is 33.2 Å². The monoisotopic (exact) mass is 580 g/mol. The molecule has 0 saturated heterocycles. The average molecular weight is 582 g/mol. The maximum Gasteiger partial charge on any atom is 0.460 e. The molecule has 0 amide bonds. The Morgan fingerprint density at radius 2 is 0.806 bits per heavy atom. The molecule has 0 aromatic rings. The molecule has 0 radical (unpaired) electrons. The second kappa shape index (κ2) is 8.28. The Hall–Kier alpha value is -0.103. The molecule has 2 atom stereocenters. The molecule has 0 aromatic heterocycles. The second-order valence-electron chi connectivity index (χ2n) is 5.73. The second-order valence-corrected chi connectivity index (χ2v) is 14.9. The number of halogens is 20. The summed E-state index contributed by atoms with van der Waals surface area (Å²) in [5, 5.41) is 0. The van der Waals surface area contributed by atoms with Crippen LogP contribution in [-0.2, 0) is 0 Å². The van der Waals surface area contributed by atoms with E-state index in [1.54, 1.807) is 0 Å². The largest absolute Gasteiger partial charge is 0.460 e. The maximum atomic E-state index is 13.4. The zero-order valence-corrected chi connectivity index (χ0v) is 16.7. The van der Waals surface area contributed by atoms with Gasteiger partial charge in [-0.25, -0.2) is 8.78 Å². The van der Waals surface area contributed by atoms with Crippen LogP contribution in [0.25, 0.3) is 0 Å². The first kappa shape index (κ1) is 30.9. The molecule has 0 aliphatic rings. The summed E-state index contributed by atoms with van der Waals surface area (Å²) in [5.74, 6) is -49.3. The first-order chi connectivity index (χ1) is 13.0. The summed E-state index contributed by atoms with van der Waals surface area (Å²) in [5.41, 5.74) is 0. The van der Waals surface area contributed by atoms with Crippen LogP contribution in [0.3, 0.4) is 0 Å². The lowest BCUT2D eigenvalue weighted by Crippen LogP contribution is -2.73. The SMILES string of the molecule is FC(C[Si](Cl)(Cl)Cl)C(F)C(F)(F)C(F)(F)C(F)(F)C(F)(F)C(F)(F)C(F)(F)C(F)(F)F. The van der Waals surface area contributed by atoms with Gasteiger partial charge in [-0.2, -0.15) is 65.9 Å². The first-order valence-electron chi connectivity index (χ1n) is 6.72. The molecule has 188 valence electrons. The Bertz CT molecular complexity index is 639. The molecule has 0 aliphatic heterocycles. The van der Waals surface area contributed by atoms with Crippen LogP contribution >= 0.6 is 33.2 Å². The predicted octanol–water partition coefficient (Wildman–Crippen LogP) is 7.69. The quantitative estimate of drug-likeness (QED) is 0.149. The van der Waals surface area contributed by atoms with E-state index in [-0.39, 0.29) is 0 Å². The molecule has 21 heteroatoms. The van der Waals surface area contributed by atoms with Gasteiger partial charge in [-0.1, -0.05) is 0 Å². The Balaban J connectivity index is 6.50. The number of rotatable bonds is 9. The molecule has 0 aliphatic carbocycles. The van der Waals surface area contributed by atoms with Crippen LogP contribution in [0.15, 0.2) is 0 Å². The molecule has 0 heterocycles. The lowest BCUT2D eigenvalue weighted by Gasteiger charge is -2.42. The highest BCUT2D eigenvalue weighted by atomic mass is 35.8. The van der Waals surface area contributed by atoms with E-state index < -0.39 is 66.1 Å². The van der Waals surface area contributed by atoms with E-state index in [1.807, 2.05) is 0 Å². The third-order valence-corrected chi connectivity index (χ3v) is 5.68. The van der Waals surface area contributed by atoms with E-state index in [2.05, 4.69) is 0 Å². The van der Waals surface area contributed by atoms with Crippen LogP contribution in [-0.4, -0.2) is 60.1 Å². The van der Waals surface area contributed by atoms with Gasteiger partial charge < -0.3 is 0 Å². The lowest BCUT2D eigenvalue weighted by atomic mass is 9.89. The van der Waals surface area contributed by atoms with Crippen LogP contribution in [0.2, 0.25) is 6.04 Å². The van der Waals surface area contributed by atoms with Gasteiger partial charge in [0.2, 0.25) is 6.17 Å². The van der Waals surface area contributed by atoms with Crippen LogP contribution < -0.4 is 0 Å². The minimum absolute atomic E-state index is 1.99. The van der Waals surface area contributed by atoms with Crippen molar-refractivity contribution in [3.05, 3.63) is 0 Å². The minimum Gasteiger partial charge on any atom is -0.244 e. The fourth-order valence-corrected chi connectivity index (χ4v) is 3.68. The zero-order valence-electron chi connectivity index (χ0n) is 13.4. The van der Waals surface area contributed by atoms with E-state index in [1.165, 1.54) is 0 Å². The molecule has 2 unspecified atom stereocenters. The Morgan fingerprint density at radius 1 is 0.516 bits per heavy atom. The van der Waals surface area contributed by atoms with Crippen molar-refractivity contribution in [3.63, 3.8) is 0 Å². The van der Waals surface area contributed by atoms with E-state index in [9.17, 15) is 74.6 Å². The van der Waals surface area contributed by atoms with Crippen molar-refractivity contribution in [2.45, 2.75) is 60.1 Å². The number of alkyl halides is 17. The van der Waals surface area contributed by atoms with Gasteiger partial charge in [0, 0.05) is 6.04 Å². The van der Waals surface area contributed by atoms with Gasteiger partial charge in [-0.3, -0.25) is 0 Å². The van der Waals surface area contributed by atoms with Crippen LogP contribution in [0.1, 0.15) is 0 Å². The Morgan fingerprint density at radius 3 is 1.10 bits per heavy atom. The van der Waals surface area contributed by atoms with Gasteiger partial charge >= 0.3 is 47.7 Å². The zero-order chi connectivity index (χ0) is 25.9. The van der Waals surface area contributed by atoms with Crippen LogP contribution in [0.4, 0.5) is 74.6 Å². The Labute approximate surface area is 174 Å². The van der Waals surface area contributed by atoms with Crippen molar-refractivity contribution in [1.82, 2.24) is 0 Å². The van der Waals surface area contributed by atoms with E-state index >= 15 is 0 Å². The molecule has 0 nitrogen and oxygen atoms in total. The van der Waals surface area contributed by atoms with Crippen LogP contribution in [0, 0.1) is 0 Å². The molecule has 0 spiro atoms. The molecule has 0 fully saturated rings. The molecule has 0 N–H and O–H groups in total. The van der Waals surface area contributed by atoms with Crippen molar-refractivity contribution in [2.75, 3.05) is 0 Å². The summed E-state index contributed by atoms with van der Waals surface area (Å²) in [6.45, 7) is 0. The predicted molar refractivity (Wildman–Crippen MR) is 73.6 cm³/mol. The third-order valence-electron chi connectivity index (χ3n) is 3.44. The van der Waals surface area contributed by atoms with Crippen molar-refractivity contribution < 1.29 is 74.6 Å². The highest BCUT2D eigenvalue weighted by Gasteiger charge is 2.94. The first-order valence-corrected chi connectivity index (χ1v) is 12.0. The highest BCUT2D eigenvalue weighted by molar-refractivity contribution is 7.64. The third kappa shape index (κ3) is 4.90. The topological polar surface area (TPSA) is 0 Å². The normalized spacial score (nSPS) is 18.2. The van der Waals surface area contributed by atoms with E-state index in [0.29, 0.717) is 0 Å². The van der Waals surface area contributed by atoms with E-state index in [4.69, 9.17) is 33.2 Å². The molecule has 0 rings (SSSR count). The lowest BCUT2D eigenvalue weighted by molar-refractivity contribution is -0.455. The smallest absolute Gasteiger partial charge is 0.244 e. The molecule has 0 saturated carbocycles. The van der Waals surface area contributed by atoms with Gasteiger partial charge in [0.1, 0.15) is 6.17 Å². The molecular formula is C10H4Cl3F17Si. The summed E-state index contributed by atoms with van der Waals surface area (Å²) in [6, 6.07) is -6.53. The van der Waals surface area contributed by atoms with Crippen molar-refractivity contribution in [2.24, 2.45) is 0 Å². The summed E-state index contributed by atoms with van der Waals surface area (Å²) in [4.78, 5) is 0. The van der Waals surface area contributed by atoms with Gasteiger partial charge in [0.15, 0.2) is 0 Å². The summed E-state index contributed by atoms with van der Waals surface area (Å²) in [6.07, 6.45) is -17.2. The maximum absolute atomic E-state index is 13.4. The van der Waals surface area contributed by atoms with Crippen LogP contribution in [0.5, 0.6) is 0 Å². The highest BCUT2D eigenvalue weighted by Crippen LogP contribution is 2.63. The molecular weight excluding hydrogens is 578 g/mol. The van der Waals surface area contributed by atoms with Gasteiger partial charge in [-0.05, 0) is 0 Å². The number of hydrogen-bond donors (Lipinski definition) is 0. The summed E-state index contributed by atoms with van der Waals surface area (Å²) < 4.78 is 220. The Kier molecular flexibility index (Phi) is 8.26. The fourth-order valence-electron chi connectivity index (χ4n) is 1.70. The van der Waals surface area contributed by atoms with Gasteiger partial charge in [0.05, 0.1) is 0 Å². The number of hydrogen-bond acceptors (Lipinski definition) is 0. The molecule has 31 heavy (non-hydrogen) atoms. The van der Waals surface area contributed by atoms with Crippen molar-refractivity contribution in [1.29, 1.82) is 0 Å². The van der Waals surface area contributed by atoms with Gasteiger partial charge in [0.25, 0.3) is 0 Å². The van der Waals surface area contributed by atoms with E-state index in [0.717, 1.165) is 0 Å². The fraction of sp³-hybridized carbons (Fsp3) is 1.00. The van der Waals surface area contributed by atoms with Crippen molar-refractivity contribution in [3.8, 4) is 0 Å².